The van der Waals surface area contributed by atoms with Gasteiger partial charge in [-0.25, -0.2) is 0 Å². The monoisotopic (exact) mass is 399 g/mol. The van der Waals surface area contributed by atoms with Gasteiger partial charge in [0.15, 0.2) is 0 Å². The fourth-order valence-electron chi connectivity index (χ4n) is 2.57. The van der Waals surface area contributed by atoms with Crippen LogP contribution in [0.1, 0.15) is 50.5 Å². The molecule has 1 aromatic carbocycles. The lowest BCUT2D eigenvalue weighted by Gasteiger charge is -2.26. The van der Waals surface area contributed by atoms with Gasteiger partial charge in [-0.05, 0) is 37.0 Å². The zero-order valence-electron chi connectivity index (χ0n) is 16.2. The van der Waals surface area contributed by atoms with Gasteiger partial charge in [-0.3, -0.25) is 9.59 Å². The molecule has 1 unspecified atom stereocenters. The maximum Gasteiger partial charge on any atom is 0.255 e. The first-order valence-electron chi connectivity index (χ1n) is 8.55. The summed E-state index contributed by atoms with van der Waals surface area (Å²) >= 11 is 1.60. The van der Waals surface area contributed by atoms with Gasteiger partial charge < -0.3 is 16.0 Å². The zero-order chi connectivity index (χ0) is 18.8. The number of carbonyl (C=O) groups excluding carboxylic acids is 2. The van der Waals surface area contributed by atoms with E-state index in [0.717, 1.165) is 0 Å². The summed E-state index contributed by atoms with van der Waals surface area (Å²) < 4.78 is 0. The van der Waals surface area contributed by atoms with Crippen LogP contribution >= 0.6 is 24.2 Å². The number of amides is 2. The number of carbonyl (C=O) groups is 2. The van der Waals surface area contributed by atoms with Crippen LogP contribution in [0.2, 0.25) is 0 Å². The molecule has 0 bridgehead atoms. The van der Waals surface area contributed by atoms with E-state index < -0.39 is 11.6 Å². The predicted molar refractivity (Wildman–Crippen MR) is 111 cm³/mol. The third-order valence-electron chi connectivity index (χ3n) is 4.16. The summed E-state index contributed by atoms with van der Waals surface area (Å²) in [6, 6.07) is 7.24. The Morgan fingerprint density at radius 3 is 2.27 bits per heavy atom. The van der Waals surface area contributed by atoms with Gasteiger partial charge in [0.05, 0.1) is 5.88 Å². The predicted octanol–water partition coefficient (Wildman–Crippen LogP) is 2.77. The van der Waals surface area contributed by atoms with Gasteiger partial charge in [-0.15, -0.1) is 24.2 Å². The van der Waals surface area contributed by atoms with E-state index in [2.05, 4.69) is 26.1 Å². The number of nitrogens with one attached hydrogen (secondary N) is 1. The van der Waals surface area contributed by atoms with Gasteiger partial charge >= 0.3 is 0 Å². The van der Waals surface area contributed by atoms with Crippen molar-refractivity contribution in [3.63, 3.8) is 0 Å². The number of hydrogen-bond donors (Lipinski definition) is 2. The Bertz CT molecular complexity index is 636. The van der Waals surface area contributed by atoms with Crippen LogP contribution in [0, 0.1) is 0 Å². The topological polar surface area (TPSA) is 75.4 Å². The molecule has 3 N–H and O–H groups in total. The summed E-state index contributed by atoms with van der Waals surface area (Å²) in [5, 5.41) is 2.86. The van der Waals surface area contributed by atoms with Crippen LogP contribution in [-0.4, -0.2) is 46.5 Å². The highest BCUT2D eigenvalue weighted by atomic mass is 35.5. The molecule has 1 heterocycles. The van der Waals surface area contributed by atoms with Crippen LogP contribution in [0.3, 0.4) is 0 Å². The van der Waals surface area contributed by atoms with Gasteiger partial charge in [-0.2, -0.15) is 0 Å². The summed E-state index contributed by atoms with van der Waals surface area (Å²) in [4.78, 5) is 26.9. The lowest BCUT2D eigenvalue weighted by molar-refractivity contribution is -0.124. The highest BCUT2D eigenvalue weighted by molar-refractivity contribution is 7.99. The average Bonchev–Trinajstić information content (AvgIpc) is 3.00. The van der Waals surface area contributed by atoms with E-state index in [1.54, 1.807) is 16.7 Å². The van der Waals surface area contributed by atoms with Crippen molar-refractivity contribution >= 4 is 36.0 Å². The average molecular weight is 400 g/mol. The number of rotatable bonds is 4. The van der Waals surface area contributed by atoms with Crippen LogP contribution in [-0.2, 0) is 10.2 Å². The summed E-state index contributed by atoms with van der Waals surface area (Å²) in [5.74, 6) is 0.910. The van der Waals surface area contributed by atoms with Crippen LogP contribution in [0.4, 0.5) is 0 Å². The zero-order valence-corrected chi connectivity index (χ0v) is 17.8. The van der Waals surface area contributed by atoms with E-state index in [9.17, 15) is 9.59 Å². The molecule has 0 aliphatic carbocycles. The van der Waals surface area contributed by atoms with Crippen molar-refractivity contribution in [2.24, 2.45) is 5.73 Å². The second kappa shape index (κ2) is 8.63. The van der Waals surface area contributed by atoms with E-state index in [4.69, 9.17) is 5.73 Å². The molecule has 1 aliphatic heterocycles. The largest absolute Gasteiger partial charge is 0.352 e. The quantitative estimate of drug-likeness (QED) is 0.816. The summed E-state index contributed by atoms with van der Waals surface area (Å²) in [6.45, 7) is 10.5. The van der Waals surface area contributed by atoms with Crippen LogP contribution < -0.4 is 11.1 Å². The standard InChI is InChI=1S/C19H29N3O2S.ClH/c1-18(2,3)14-8-6-13(7-9-14)17(24)22-12-25-10-15(22)16(23)21-11-19(4,5)20;/h6-9,15H,10-12,20H2,1-5H3,(H,21,23);1H. The highest BCUT2D eigenvalue weighted by Gasteiger charge is 2.35. The Hall–Kier alpha value is -1.24. The smallest absolute Gasteiger partial charge is 0.255 e. The fraction of sp³-hybridized carbons (Fsp3) is 0.579. The molecule has 1 fully saturated rings. The lowest BCUT2D eigenvalue weighted by Crippen LogP contribution is -2.52. The summed E-state index contributed by atoms with van der Waals surface area (Å²) in [5.41, 5.74) is 7.29. The van der Waals surface area contributed by atoms with Crippen molar-refractivity contribution in [1.82, 2.24) is 10.2 Å². The van der Waals surface area contributed by atoms with Crippen molar-refractivity contribution in [1.29, 1.82) is 0 Å². The molecular formula is C19H30ClN3O2S. The number of hydrogen-bond acceptors (Lipinski definition) is 4. The van der Waals surface area contributed by atoms with E-state index in [-0.39, 0.29) is 29.6 Å². The minimum atomic E-state index is -0.473. The van der Waals surface area contributed by atoms with Crippen molar-refractivity contribution in [3.05, 3.63) is 35.4 Å². The van der Waals surface area contributed by atoms with Gasteiger partial charge in [0.1, 0.15) is 6.04 Å². The molecule has 0 aromatic heterocycles. The number of halogens is 1. The van der Waals surface area contributed by atoms with Crippen molar-refractivity contribution in [2.45, 2.75) is 51.6 Å². The Kier molecular flexibility index (Phi) is 7.57. The fourth-order valence-corrected chi connectivity index (χ4v) is 3.73. The molecule has 2 amide bonds. The van der Waals surface area contributed by atoms with Gasteiger partial charge in [-0.1, -0.05) is 32.9 Å². The normalized spacial score (nSPS) is 17.6. The molecular weight excluding hydrogens is 370 g/mol. The molecule has 1 saturated heterocycles. The second-order valence-electron chi connectivity index (χ2n) is 8.32. The van der Waals surface area contributed by atoms with E-state index in [1.807, 2.05) is 38.1 Å². The Labute approximate surface area is 166 Å². The highest BCUT2D eigenvalue weighted by Crippen LogP contribution is 2.26. The second-order valence-corrected chi connectivity index (χ2v) is 9.32. The maximum absolute atomic E-state index is 12.8. The maximum atomic E-state index is 12.8. The summed E-state index contributed by atoms with van der Waals surface area (Å²) in [6.07, 6.45) is 0. The molecule has 2 rings (SSSR count). The Morgan fingerprint density at radius 1 is 1.19 bits per heavy atom. The first kappa shape index (κ1) is 22.8. The first-order valence-corrected chi connectivity index (χ1v) is 9.70. The van der Waals surface area contributed by atoms with Gasteiger partial charge in [0.25, 0.3) is 5.91 Å². The number of nitrogens with zero attached hydrogens (tertiary/aromatic N) is 1. The molecule has 0 saturated carbocycles. The molecule has 7 heteroatoms. The molecule has 5 nitrogen and oxygen atoms in total. The molecule has 146 valence electrons. The van der Waals surface area contributed by atoms with E-state index in [0.29, 0.717) is 23.7 Å². The molecule has 26 heavy (non-hydrogen) atoms. The Morgan fingerprint density at radius 2 is 1.77 bits per heavy atom. The third kappa shape index (κ3) is 5.89. The van der Waals surface area contributed by atoms with E-state index >= 15 is 0 Å². The minimum absolute atomic E-state index is 0. The molecule has 0 radical (unpaired) electrons. The van der Waals surface area contributed by atoms with Gasteiger partial charge in [0, 0.05) is 23.4 Å². The van der Waals surface area contributed by atoms with Crippen LogP contribution in [0.5, 0.6) is 0 Å². The number of benzene rings is 1. The SMILES string of the molecule is CC(C)(N)CNC(=O)C1CSCN1C(=O)c1ccc(C(C)(C)C)cc1.Cl. The van der Waals surface area contributed by atoms with Crippen LogP contribution in [0.25, 0.3) is 0 Å². The van der Waals surface area contributed by atoms with Crippen molar-refractivity contribution in [3.8, 4) is 0 Å². The first-order chi connectivity index (χ1) is 11.5. The van der Waals surface area contributed by atoms with Gasteiger partial charge in [0.2, 0.25) is 5.91 Å². The van der Waals surface area contributed by atoms with Crippen molar-refractivity contribution in [2.75, 3.05) is 18.2 Å². The van der Waals surface area contributed by atoms with Crippen LogP contribution in [0.15, 0.2) is 24.3 Å². The van der Waals surface area contributed by atoms with E-state index in [1.165, 1.54) is 5.56 Å². The summed E-state index contributed by atoms with van der Waals surface area (Å²) in [7, 11) is 0. The Balaban J connectivity index is 0.00000338. The minimum Gasteiger partial charge on any atom is -0.352 e. The molecule has 1 aliphatic rings. The third-order valence-corrected chi connectivity index (χ3v) is 5.17. The molecule has 1 aromatic rings. The lowest BCUT2D eigenvalue weighted by atomic mass is 9.86. The number of thioether (sulfide) groups is 1. The number of nitrogens with two attached hydrogens (primary N) is 1. The molecule has 0 spiro atoms. The van der Waals surface area contributed by atoms with Crippen molar-refractivity contribution < 1.29 is 9.59 Å². The molecule has 1 atom stereocenters.